The molecule has 0 bridgehead atoms. The van der Waals surface area contributed by atoms with Crippen molar-refractivity contribution in [3.8, 4) is 5.75 Å². The molecule has 0 unspecified atom stereocenters. The van der Waals surface area contributed by atoms with Crippen LogP contribution in [0.25, 0.3) is 0 Å². The molecule has 0 aromatic heterocycles. The predicted molar refractivity (Wildman–Crippen MR) is 112 cm³/mol. The van der Waals surface area contributed by atoms with Crippen LogP contribution in [0.15, 0.2) is 48.5 Å². The lowest BCUT2D eigenvalue weighted by Crippen LogP contribution is -2.45. The summed E-state index contributed by atoms with van der Waals surface area (Å²) >= 11 is 0. The number of hydrogen-bond donors (Lipinski definition) is 1. The summed E-state index contributed by atoms with van der Waals surface area (Å²) in [6, 6.07) is 13.7. The molecule has 1 aliphatic rings. The predicted octanol–water partition coefficient (Wildman–Crippen LogP) is 5.72. The van der Waals surface area contributed by atoms with Crippen molar-refractivity contribution in [2.45, 2.75) is 56.8 Å². The average Bonchev–Trinajstić information content (AvgIpc) is 2.70. The van der Waals surface area contributed by atoms with E-state index >= 15 is 0 Å². The van der Waals surface area contributed by atoms with Crippen LogP contribution in [-0.4, -0.2) is 25.9 Å². The first-order valence-electron chi connectivity index (χ1n) is 10.3. The van der Waals surface area contributed by atoms with Gasteiger partial charge in [0.25, 0.3) is 0 Å². The van der Waals surface area contributed by atoms with E-state index in [1.165, 1.54) is 12.1 Å². The van der Waals surface area contributed by atoms with Crippen LogP contribution in [-0.2, 0) is 22.9 Å². The quantitative estimate of drug-likeness (QED) is 0.580. The van der Waals surface area contributed by atoms with Crippen molar-refractivity contribution >= 4 is 0 Å². The van der Waals surface area contributed by atoms with Gasteiger partial charge < -0.3 is 14.8 Å². The second-order valence-electron chi connectivity index (χ2n) is 8.67. The number of ether oxygens (including phenoxy) is 2. The summed E-state index contributed by atoms with van der Waals surface area (Å²) in [5.74, 6) is 0.812. The first-order valence-corrected chi connectivity index (χ1v) is 10.3. The maximum Gasteiger partial charge on any atom is 0.416 e. The molecule has 0 aliphatic carbocycles. The first-order chi connectivity index (χ1) is 14.1. The maximum atomic E-state index is 13.3. The van der Waals surface area contributed by atoms with Crippen LogP contribution in [0.5, 0.6) is 5.75 Å². The molecule has 30 heavy (non-hydrogen) atoms. The largest absolute Gasteiger partial charge is 0.497 e. The van der Waals surface area contributed by atoms with Crippen molar-refractivity contribution in [2.75, 3.05) is 20.3 Å². The molecule has 2 aromatic rings. The van der Waals surface area contributed by atoms with Gasteiger partial charge in [0, 0.05) is 18.6 Å². The van der Waals surface area contributed by atoms with Crippen molar-refractivity contribution in [1.82, 2.24) is 5.32 Å². The third-order valence-corrected chi connectivity index (χ3v) is 5.91. The van der Waals surface area contributed by atoms with E-state index in [0.29, 0.717) is 32.5 Å². The lowest BCUT2D eigenvalue weighted by Gasteiger charge is -2.46. The molecular formula is C24H30F3NO2. The zero-order valence-electron chi connectivity index (χ0n) is 17.8. The minimum Gasteiger partial charge on any atom is -0.497 e. The van der Waals surface area contributed by atoms with E-state index in [9.17, 15) is 13.2 Å². The van der Waals surface area contributed by atoms with Crippen LogP contribution < -0.4 is 10.1 Å². The van der Waals surface area contributed by atoms with Crippen LogP contribution >= 0.6 is 0 Å². The third kappa shape index (κ3) is 5.55. The highest BCUT2D eigenvalue weighted by Gasteiger charge is 2.42. The lowest BCUT2D eigenvalue weighted by atomic mass is 9.67. The fourth-order valence-corrected chi connectivity index (χ4v) is 4.41. The Labute approximate surface area is 176 Å². The molecule has 3 nitrogen and oxygen atoms in total. The molecule has 1 saturated heterocycles. The van der Waals surface area contributed by atoms with E-state index in [1.807, 2.05) is 44.2 Å². The van der Waals surface area contributed by atoms with Gasteiger partial charge in [-0.15, -0.1) is 0 Å². The summed E-state index contributed by atoms with van der Waals surface area (Å²) in [5.41, 5.74) is 0.573. The molecule has 2 aromatic carbocycles. The summed E-state index contributed by atoms with van der Waals surface area (Å²) in [6.07, 6.45) is -2.20. The van der Waals surface area contributed by atoms with Gasteiger partial charge in [-0.05, 0) is 69.0 Å². The average molecular weight is 422 g/mol. The Balaban J connectivity index is 1.74. The van der Waals surface area contributed by atoms with Gasteiger partial charge in [-0.3, -0.25) is 0 Å². The van der Waals surface area contributed by atoms with Gasteiger partial charge >= 0.3 is 6.18 Å². The van der Waals surface area contributed by atoms with Gasteiger partial charge in [0.1, 0.15) is 5.75 Å². The standard InChI is InChI=1S/C24H30F3NO2/c1-22(2)17-23(12-14-30-22,19-5-4-6-20(15-19)24(25,26)27)11-13-28-16-18-7-9-21(29-3)10-8-18/h4-10,15,28H,11-14,16-17H2,1-3H3/t23-/m0/s1. The number of alkyl halides is 3. The van der Waals surface area contributed by atoms with Gasteiger partial charge in [0.2, 0.25) is 0 Å². The number of methoxy groups -OCH3 is 1. The molecule has 0 amide bonds. The van der Waals surface area contributed by atoms with Gasteiger partial charge in [-0.25, -0.2) is 0 Å². The number of halogens is 3. The second kappa shape index (κ2) is 8.98. The molecule has 1 N–H and O–H groups in total. The lowest BCUT2D eigenvalue weighted by molar-refractivity contribution is -0.137. The van der Waals surface area contributed by atoms with Gasteiger partial charge in [-0.2, -0.15) is 13.2 Å². The summed E-state index contributed by atoms with van der Waals surface area (Å²) in [7, 11) is 1.63. The molecule has 1 fully saturated rings. The molecular weight excluding hydrogens is 391 g/mol. The van der Waals surface area contributed by atoms with Gasteiger partial charge in [-0.1, -0.05) is 30.3 Å². The number of benzene rings is 2. The molecule has 3 rings (SSSR count). The highest BCUT2D eigenvalue weighted by Crippen LogP contribution is 2.45. The Morgan fingerprint density at radius 2 is 1.83 bits per heavy atom. The highest BCUT2D eigenvalue weighted by atomic mass is 19.4. The molecule has 1 heterocycles. The first kappa shape index (κ1) is 22.6. The summed E-state index contributed by atoms with van der Waals surface area (Å²) in [4.78, 5) is 0. The van der Waals surface area contributed by atoms with E-state index in [0.717, 1.165) is 29.4 Å². The van der Waals surface area contributed by atoms with E-state index in [4.69, 9.17) is 9.47 Å². The number of rotatable bonds is 7. The molecule has 164 valence electrons. The Hall–Kier alpha value is -2.05. The molecule has 6 heteroatoms. The molecule has 0 spiro atoms. The van der Waals surface area contributed by atoms with Crippen molar-refractivity contribution in [3.63, 3.8) is 0 Å². The molecule has 1 aliphatic heterocycles. The fourth-order valence-electron chi connectivity index (χ4n) is 4.41. The third-order valence-electron chi connectivity index (χ3n) is 5.91. The summed E-state index contributed by atoms with van der Waals surface area (Å²) < 4.78 is 51.0. The monoisotopic (exact) mass is 421 g/mol. The highest BCUT2D eigenvalue weighted by molar-refractivity contribution is 5.33. The molecule has 0 radical (unpaired) electrons. The summed E-state index contributed by atoms with van der Waals surface area (Å²) in [5, 5.41) is 3.45. The Morgan fingerprint density at radius 1 is 1.10 bits per heavy atom. The smallest absolute Gasteiger partial charge is 0.416 e. The van der Waals surface area contributed by atoms with Gasteiger partial charge in [0.05, 0.1) is 18.3 Å². The van der Waals surface area contributed by atoms with E-state index in [-0.39, 0.29) is 11.0 Å². The van der Waals surface area contributed by atoms with E-state index in [2.05, 4.69) is 5.32 Å². The van der Waals surface area contributed by atoms with Crippen LogP contribution in [0.2, 0.25) is 0 Å². The minimum atomic E-state index is -4.34. The van der Waals surface area contributed by atoms with Crippen molar-refractivity contribution in [3.05, 3.63) is 65.2 Å². The van der Waals surface area contributed by atoms with Crippen molar-refractivity contribution < 1.29 is 22.6 Å². The minimum absolute atomic E-state index is 0.351. The van der Waals surface area contributed by atoms with E-state index < -0.39 is 11.7 Å². The Morgan fingerprint density at radius 3 is 2.47 bits per heavy atom. The van der Waals surface area contributed by atoms with Crippen LogP contribution in [0.4, 0.5) is 13.2 Å². The normalized spacial score (nSPS) is 21.4. The zero-order chi connectivity index (χ0) is 21.8. The van der Waals surface area contributed by atoms with Crippen LogP contribution in [0.3, 0.4) is 0 Å². The maximum absolute atomic E-state index is 13.3. The van der Waals surface area contributed by atoms with Crippen molar-refractivity contribution in [1.29, 1.82) is 0 Å². The topological polar surface area (TPSA) is 30.5 Å². The van der Waals surface area contributed by atoms with Crippen LogP contribution in [0, 0.1) is 0 Å². The molecule has 1 atom stereocenters. The van der Waals surface area contributed by atoms with Crippen LogP contribution in [0.1, 0.15) is 49.8 Å². The number of nitrogens with one attached hydrogen (secondary N) is 1. The fraction of sp³-hybridized carbons (Fsp3) is 0.500. The Bertz CT molecular complexity index is 833. The number of hydrogen-bond acceptors (Lipinski definition) is 3. The van der Waals surface area contributed by atoms with E-state index in [1.54, 1.807) is 7.11 Å². The SMILES string of the molecule is COc1ccc(CNCC[C@]2(c3cccc(C(F)(F)F)c3)CCOC(C)(C)C2)cc1. The van der Waals surface area contributed by atoms with Gasteiger partial charge in [0.15, 0.2) is 0 Å². The Kier molecular flexibility index (Phi) is 6.78. The zero-order valence-corrected chi connectivity index (χ0v) is 17.8. The molecule has 0 saturated carbocycles. The van der Waals surface area contributed by atoms with Crippen molar-refractivity contribution in [2.24, 2.45) is 0 Å². The second-order valence-corrected chi connectivity index (χ2v) is 8.67. The summed E-state index contributed by atoms with van der Waals surface area (Å²) in [6.45, 7) is 5.97.